The quantitative estimate of drug-likeness (QED) is 0.147. The maximum absolute atomic E-state index is 12.6. The van der Waals surface area contributed by atoms with E-state index in [0.29, 0.717) is 35.9 Å². The zero-order chi connectivity index (χ0) is 22.8. The van der Waals surface area contributed by atoms with Crippen LogP contribution in [0.5, 0.6) is 0 Å². The molecule has 1 aliphatic rings. The summed E-state index contributed by atoms with van der Waals surface area (Å²) in [6.07, 6.45) is 8.88. The number of amides is 3. The SMILES string of the molecule is NNC(=O)N(/N=C\CO)c1ccc(Cl)c(C(=O)NCCCC2=CCC=C(Cl)C(Cl)=C2)c1. The second kappa shape index (κ2) is 12.5. The van der Waals surface area contributed by atoms with Crippen molar-refractivity contribution < 1.29 is 14.7 Å². The lowest BCUT2D eigenvalue weighted by Crippen LogP contribution is -2.41. The lowest BCUT2D eigenvalue weighted by Gasteiger charge is -2.17. The van der Waals surface area contributed by atoms with Crippen molar-refractivity contribution in [3.63, 3.8) is 0 Å². The van der Waals surface area contributed by atoms with Crippen molar-refractivity contribution in [1.82, 2.24) is 10.7 Å². The minimum Gasteiger partial charge on any atom is -0.391 e. The monoisotopic (exact) mass is 485 g/mol. The van der Waals surface area contributed by atoms with Crippen molar-refractivity contribution in [1.29, 1.82) is 0 Å². The molecule has 2 rings (SSSR count). The van der Waals surface area contributed by atoms with Gasteiger partial charge in [0.25, 0.3) is 5.91 Å². The minimum atomic E-state index is -0.753. The second-order valence-electron chi connectivity index (χ2n) is 6.32. The lowest BCUT2D eigenvalue weighted by atomic mass is 10.1. The van der Waals surface area contributed by atoms with Gasteiger partial charge < -0.3 is 10.4 Å². The van der Waals surface area contributed by atoms with E-state index in [4.69, 9.17) is 45.8 Å². The van der Waals surface area contributed by atoms with E-state index in [2.05, 4.69) is 10.4 Å². The summed E-state index contributed by atoms with van der Waals surface area (Å²) in [6, 6.07) is 3.62. The van der Waals surface area contributed by atoms with Crippen molar-refractivity contribution in [2.45, 2.75) is 19.3 Å². The summed E-state index contributed by atoms with van der Waals surface area (Å²) in [4.78, 5) is 24.5. The number of hydrazone groups is 1. The molecule has 0 unspecified atom stereocenters. The van der Waals surface area contributed by atoms with Crippen LogP contribution in [-0.2, 0) is 0 Å². The normalized spacial score (nSPS) is 13.8. The van der Waals surface area contributed by atoms with Gasteiger partial charge in [0.2, 0.25) is 0 Å². The summed E-state index contributed by atoms with van der Waals surface area (Å²) in [6.45, 7) is 0.0212. The van der Waals surface area contributed by atoms with E-state index < -0.39 is 11.9 Å². The molecule has 5 N–H and O–H groups in total. The number of hydrogen-bond donors (Lipinski definition) is 4. The average Bonchev–Trinajstić information content (AvgIpc) is 2.92. The highest BCUT2D eigenvalue weighted by atomic mass is 35.5. The van der Waals surface area contributed by atoms with Gasteiger partial charge in [0.15, 0.2) is 0 Å². The van der Waals surface area contributed by atoms with E-state index in [0.717, 1.165) is 16.8 Å². The zero-order valence-electron chi connectivity index (χ0n) is 16.4. The summed E-state index contributed by atoms with van der Waals surface area (Å²) in [5.41, 5.74) is 3.40. The molecule has 166 valence electrons. The van der Waals surface area contributed by atoms with E-state index in [1.807, 2.05) is 23.7 Å². The predicted octanol–water partition coefficient (Wildman–Crippen LogP) is 3.79. The van der Waals surface area contributed by atoms with Gasteiger partial charge in [-0.3, -0.25) is 10.2 Å². The zero-order valence-corrected chi connectivity index (χ0v) is 18.7. The third-order valence-corrected chi connectivity index (χ3v) is 5.28. The van der Waals surface area contributed by atoms with Crippen LogP contribution >= 0.6 is 34.8 Å². The van der Waals surface area contributed by atoms with Crippen LogP contribution in [-0.4, -0.2) is 36.4 Å². The van der Waals surface area contributed by atoms with Crippen LogP contribution in [0.25, 0.3) is 0 Å². The van der Waals surface area contributed by atoms with Gasteiger partial charge in [0.1, 0.15) is 0 Å². The lowest BCUT2D eigenvalue weighted by molar-refractivity contribution is 0.0953. The molecule has 31 heavy (non-hydrogen) atoms. The maximum atomic E-state index is 12.6. The summed E-state index contributed by atoms with van der Waals surface area (Å²) in [7, 11) is 0. The number of nitrogens with one attached hydrogen (secondary N) is 2. The Morgan fingerprint density at radius 1 is 1.23 bits per heavy atom. The van der Waals surface area contributed by atoms with Crippen LogP contribution in [0.15, 0.2) is 57.2 Å². The van der Waals surface area contributed by atoms with Gasteiger partial charge in [-0.25, -0.2) is 10.6 Å². The van der Waals surface area contributed by atoms with Crippen molar-refractivity contribution in [3.05, 3.63) is 62.7 Å². The van der Waals surface area contributed by atoms with Crippen LogP contribution in [0.2, 0.25) is 5.02 Å². The smallest absolute Gasteiger partial charge is 0.356 e. The molecule has 1 aromatic carbocycles. The van der Waals surface area contributed by atoms with Crippen LogP contribution in [0.1, 0.15) is 29.6 Å². The number of urea groups is 1. The van der Waals surface area contributed by atoms with E-state index in [1.54, 1.807) is 0 Å². The number of nitrogens with zero attached hydrogens (tertiary/aromatic N) is 2. The number of hydrazine groups is 1. The first-order valence-corrected chi connectivity index (χ1v) is 10.4. The molecule has 0 heterocycles. The summed E-state index contributed by atoms with van der Waals surface area (Å²) in [5, 5.41) is 17.7. The fraction of sp³-hybridized carbons (Fsp3) is 0.250. The van der Waals surface area contributed by atoms with Crippen molar-refractivity contribution in [2.75, 3.05) is 18.2 Å². The van der Waals surface area contributed by atoms with E-state index in [-0.39, 0.29) is 22.9 Å². The van der Waals surface area contributed by atoms with E-state index in [9.17, 15) is 9.59 Å². The molecular formula is C20H22Cl3N5O3. The molecule has 0 atom stereocenters. The molecule has 8 nitrogen and oxygen atoms in total. The van der Waals surface area contributed by atoms with Crippen molar-refractivity contribution >= 4 is 58.6 Å². The standard InChI is InChI=1S/C20H22Cl3N5O3/c21-16-7-6-14(28(20(31)27-24)26-9-10-29)12-15(16)19(30)25-8-2-4-13-3-1-5-17(22)18(23)11-13/h3,5-7,9,11-12,29H,1-2,4,8,10,24H2,(H,25,30)(H,27,31)/b26-9-. The summed E-state index contributed by atoms with van der Waals surface area (Å²) in [5.74, 6) is 4.76. The minimum absolute atomic E-state index is 0.167. The number of nitrogens with two attached hydrogens (primary N) is 1. The third kappa shape index (κ3) is 7.37. The highest BCUT2D eigenvalue weighted by Crippen LogP contribution is 2.26. The number of carbonyl (C=O) groups is 2. The molecule has 1 aliphatic carbocycles. The summed E-state index contributed by atoms with van der Waals surface area (Å²) >= 11 is 18.3. The molecule has 1 aromatic rings. The maximum Gasteiger partial charge on any atom is 0.356 e. The average molecular weight is 487 g/mol. The number of halogens is 3. The number of rotatable bonds is 8. The number of anilines is 1. The van der Waals surface area contributed by atoms with Gasteiger partial charge in [0, 0.05) is 6.54 Å². The number of aliphatic hydroxyl groups is 1. The second-order valence-corrected chi connectivity index (χ2v) is 7.55. The van der Waals surface area contributed by atoms with Gasteiger partial charge >= 0.3 is 6.03 Å². The number of hydrogen-bond acceptors (Lipinski definition) is 5. The predicted molar refractivity (Wildman–Crippen MR) is 124 cm³/mol. The molecule has 0 aromatic heterocycles. The highest BCUT2D eigenvalue weighted by molar-refractivity contribution is 6.44. The Hall–Kier alpha value is -2.36. The molecule has 0 saturated heterocycles. The molecule has 3 amide bonds. The molecule has 0 bridgehead atoms. The van der Waals surface area contributed by atoms with Gasteiger partial charge in [-0.2, -0.15) is 10.1 Å². The number of carbonyl (C=O) groups excluding carboxylic acids is 2. The number of benzene rings is 1. The van der Waals surface area contributed by atoms with Crippen LogP contribution in [0, 0.1) is 0 Å². The molecule has 0 radical (unpaired) electrons. The van der Waals surface area contributed by atoms with Crippen LogP contribution < -0.4 is 21.6 Å². The summed E-state index contributed by atoms with van der Waals surface area (Å²) < 4.78 is 0. The van der Waals surface area contributed by atoms with Crippen molar-refractivity contribution in [3.8, 4) is 0 Å². The molecule has 0 saturated carbocycles. The van der Waals surface area contributed by atoms with E-state index in [1.165, 1.54) is 18.2 Å². The highest BCUT2D eigenvalue weighted by Gasteiger charge is 2.18. The first-order valence-electron chi connectivity index (χ1n) is 9.31. The van der Waals surface area contributed by atoms with Gasteiger partial charge in [-0.1, -0.05) is 52.5 Å². The Kier molecular flexibility index (Phi) is 10.0. The molecule has 0 fully saturated rings. The molecule has 11 heteroatoms. The first-order chi connectivity index (χ1) is 14.9. The molecule has 0 spiro atoms. The number of aliphatic hydroxyl groups excluding tert-OH is 1. The fourth-order valence-corrected chi connectivity index (χ4v) is 3.26. The Morgan fingerprint density at radius 2 is 2.00 bits per heavy atom. The van der Waals surface area contributed by atoms with Gasteiger partial charge in [-0.15, -0.1) is 0 Å². The number of allylic oxidation sites excluding steroid dienone is 6. The fourth-order valence-electron chi connectivity index (χ4n) is 2.70. The Balaban J connectivity index is 2.02. The van der Waals surface area contributed by atoms with Crippen LogP contribution in [0.3, 0.4) is 0 Å². The van der Waals surface area contributed by atoms with Crippen LogP contribution in [0.4, 0.5) is 10.5 Å². The Morgan fingerprint density at radius 3 is 2.71 bits per heavy atom. The third-order valence-electron chi connectivity index (χ3n) is 4.18. The first kappa shape index (κ1) is 24.9. The van der Waals surface area contributed by atoms with Gasteiger partial charge in [-0.05, 0) is 43.5 Å². The largest absolute Gasteiger partial charge is 0.391 e. The van der Waals surface area contributed by atoms with Gasteiger partial charge in [0.05, 0.1) is 39.2 Å². The molecule has 0 aliphatic heterocycles. The van der Waals surface area contributed by atoms with E-state index >= 15 is 0 Å². The Labute approximate surface area is 195 Å². The van der Waals surface area contributed by atoms with Crippen molar-refractivity contribution in [2.24, 2.45) is 10.9 Å². The topological polar surface area (TPSA) is 120 Å². The molecular weight excluding hydrogens is 465 g/mol. The Bertz CT molecular complexity index is 944.